The number of nitrogens with one attached hydrogen (secondary N) is 3. The van der Waals surface area contributed by atoms with Gasteiger partial charge in [0.05, 0.1) is 23.4 Å². The third-order valence-corrected chi connectivity index (χ3v) is 4.01. The zero-order valence-electron chi connectivity index (χ0n) is 16.9. The summed E-state index contributed by atoms with van der Waals surface area (Å²) in [6, 6.07) is 6.09. The van der Waals surface area contributed by atoms with E-state index in [9.17, 15) is 14.0 Å². The maximum atomic E-state index is 13.2. The number of rotatable bonds is 7. The van der Waals surface area contributed by atoms with Crippen molar-refractivity contribution in [2.45, 2.75) is 26.2 Å². The van der Waals surface area contributed by atoms with Crippen molar-refractivity contribution in [1.29, 1.82) is 0 Å². The van der Waals surface area contributed by atoms with Gasteiger partial charge in [0.15, 0.2) is 6.29 Å². The number of amides is 1. The van der Waals surface area contributed by atoms with Crippen molar-refractivity contribution in [2.75, 3.05) is 7.05 Å². The lowest BCUT2D eigenvalue weighted by atomic mass is 9.90. The van der Waals surface area contributed by atoms with Crippen LogP contribution in [0.2, 0.25) is 0 Å². The van der Waals surface area contributed by atoms with Crippen molar-refractivity contribution in [3.05, 3.63) is 76.9 Å². The van der Waals surface area contributed by atoms with Gasteiger partial charge in [-0.2, -0.15) is 0 Å². The highest BCUT2D eigenvalue weighted by Gasteiger charge is 2.20. The third-order valence-electron chi connectivity index (χ3n) is 4.01. The smallest absolute Gasteiger partial charge is 0.271 e. The first kappa shape index (κ1) is 21.8. The van der Waals surface area contributed by atoms with Gasteiger partial charge in [0.1, 0.15) is 5.82 Å². The van der Waals surface area contributed by atoms with E-state index in [1.54, 1.807) is 37.7 Å². The summed E-state index contributed by atoms with van der Waals surface area (Å²) in [6.07, 6.45) is 8.47. The molecule has 1 aromatic heterocycles. The number of aldehydes is 1. The highest BCUT2D eigenvalue weighted by molar-refractivity contribution is 5.99. The number of halogens is 1. The number of carbonyl (C=O) groups is 2. The Kier molecular flexibility index (Phi) is 7.25. The van der Waals surface area contributed by atoms with Gasteiger partial charge in [-0.25, -0.2) is 9.37 Å². The minimum Gasteiger partial charge on any atom is -0.384 e. The van der Waals surface area contributed by atoms with Crippen molar-refractivity contribution in [2.24, 2.45) is 0 Å². The molecule has 0 aliphatic carbocycles. The van der Waals surface area contributed by atoms with Gasteiger partial charge in [-0.15, -0.1) is 0 Å². The summed E-state index contributed by atoms with van der Waals surface area (Å²) in [5.41, 5.74) is 2.23. The first-order valence-electron chi connectivity index (χ1n) is 9.08. The van der Waals surface area contributed by atoms with Gasteiger partial charge in [-0.05, 0) is 29.8 Å². The fraction of sp³-hybridized carbons (Fsp3) is 0.227. The van der Waals surface area contributed by atoms with Crippen molar-refractivity contribution in [3.63, 3.8) is 0 Å². The van der Waals surface area contributed by atoms with Gasteiger partial charge in [-0.3, -0.25) is 9.59 Å². The number of nitrogens with zero attached hydrogens (tertiary/aromatic N) is 1. The highest BCUT2D eigenvalue weighted by Crippen LogP contribution is 2.23. The standard InChI is InChI=1S/C22H25FN4O2/c1-22(2,3)20-19(25-14-26-20)12-17(13-28)27-21(29)18(24-4)10-6-8-15-7-5-9-16(23)11-15/h5-14,24H,1-4H3,(H,25,26)(H,27,29)/b8-6+,17-12-,18-10-. The van der Waals surface area contributed by atoms with Crippen LogP contribution < -0.4 is 10.6 Å². The maximum Gasteiger partial charge on any atom is 0.271 e. The number of imidazole rings is 1. The van der Waals surface area contributed by atoms with Crippen molar-refractivity contribution in [3.8, 4) is 0 Å². The summed E-state index contributed by atoms with van der Waals surface area (Å²) in [4.78, 5) is 31.2. The molecular formula is C22H25FN4O2. The van der Waals surface area contributed by atoms with Crippen molar-refractivity contribution < 1.29 is 14.0 Å². The SMILES string of the molecule is CN/C(=C\C=C\c1cccc(F)c1)C(=O)N/C(C=O)=C\c1nc[nH]c1C(C)(C)C. The molecule has 6 nitrogen and oxygen atoms in total. The lowest BCUT2D eigenvalue weighted by molar-refractivity contribution is -0.118. The molecule has 0 aliphatic heterocycles. The molecule has 0 spiro atoms. The molecule has 1 aromatic carbocycles. The number of benzene rings is 1. The molecule has 7 heteroatoms. The van der Waals surface area contributed by atoms with Crippen LogP contribution in [0.3, 0.4) is 0 Å². The van der Waals surface area contributed by atoms with E-state index in [-0.39, 0.29) is 22.6 Å². The number of hydrogen-bond acceptors (Lipinski definition) is 4. The van der Waals surface area contributed by atoms with Crippen LogP contribution in [0.1, 0.15) is 37.7 Å². The van der Waals surface area contributed by atoms with E-state index < -0.39 is 5.91 Å². The van der Waals surface area contributed by atoms with Crippen LogP contribution in [0, 0.1) is 5.82 Å². The summed E-state index contributed by atoms with van der Waals surface area (Å²) < 4.78 is 13.2. The summed E-state index contributed by atoms with van der Waals surface area (Å²) in [5, 5.41) is 5.35. The fourth-order valence-electron chi connectivity index (χ4n) is 2.60. The van der Waals surface area contributed by atoms with Crippen molar-refractivity contribution in [1.82, 2.24) is 20.6 Å². The van der Waals surface area contributed by atoms with Crippen LogP contribution in [-0.2, 0) is 15.0 Å². The second kappa shape index (κ2) is 9.64. The zero-order chi connectivity index (χ0) is 21.4. The Balaban J connectivity index is 2.16. The van der Waals surface area contributed by atoms with E-state index in [2.05, 4.69) is 20.6 Å². The number of hydrogen-bond donors (Lipinski definition) is 3. The Morgan fingerprint density at radius 1 is 1.28 bits per heavy atom. The summed E-state index contributed by atoms with van der Waals surface area (Å²) >= 11 is 0. The molecule has 0 radical (unpaired) electrons. The monoisotopic (exact) mass is 396 g/mol. The average Bonchev–Trinajstić information content (AvgIpc) is 3.13. The van der Waals surface area contributed by atoms with E-state index in [4.69, 9.17) is 0 Å². The van der Waals surface area contributed by atoms with E-state index in [0.717, 1.165) is 5.69 Å². The van der Waals surface area contributed by atoms with Crippen LogP contribution in [-0.4, -0.2) is 29.2 Å². The quantitative estimate of drug-likeness (QED) is 0.381. The lowest BCUT2D eigenvalue weighted by Gasteiger charge is -2.17. The molecule has 0 saturated carbocycles. The van der Waals surface area contributed by atoms with Gasteiger partial charge in [-0.1, -0.05) is 45.1 Å². The molecule has 1 heterocycles. The lowest BCUT2D eigenvalue weighted by Crippen LogP contribution is -2.30. The van der Waals surface area contributed by atoms with E-state index >= 15 is 0 Å². The van der Waals surface area contributed by atoms with Crippen LogP contribution >= 0.6 is 0 Å². The van der Waals surface area contributed by atoms with Crippen LogP contribution in [0.15, 0.2) is 54.1 Å². The number of carbonyl (C=O) groups excluding carboxylic acids is 2. The predicted octanol–water partition coefficient (Wildman–Crippen LogP) is 3.32. The normalized spacial score (nSPS) is 12.9. The molecule has 1 amide bonds. The third kappa shape index (κ3) is 6.27. The molecule has 0 atom stereocenters. The number of aromatic nitrogens is 2. The van der Waals surface area contributed by atoms with Gasteiger partial charge in [0.25, 0.3) is 5.91 Å². The van der Waals surface area contributed by atoms with E-state index in [1.165, 1.54) is 24.3 Å². The minimum atomic E-state index is -0.484. The molecule has 0 saturated heterocycles. The average molecular weight is 396 g/mol. The van der Waals surface area contributed by atoms with Gasteiger partial charge in [0.2, 0.25) is 0 Å². The van der Waals surface area contributed by atoms with Crippen LogP contribution in [0.4, 0.5) is 4.39 Å². The number of likely N-dealkylation sites (N-methyl/N-ethyl adjacent to an activating group) is 1. The Morgan fingerprint density at radius 3 is 2.66 bits per heavy atom. The molecule has 29 heavy (non-hydrogen) atoms. The van der Waals surface area contributed by atoms with Gasteiger partial charge in [0, 0.05) is 18.2 Å². The second-order valence-corrected chi connectivity index (χ2v) is 7.33. The molecule has 3 N–H and O–H groups in total. The highest BCUT2D eigenvalue weighted by atomic mass is 19.1. The van der Waals surface area contributed by atoms with Crippen LogP contribution in [0.5, 0.6) is 0 Å². The Morgan fingerprint density at radius 2 is 2.03 bits per heavy atom. The molecule has 0 fully saturated rings. The molecule has 152 valence electrons. The predicted molar refractivity (Wildman–Crippen MR) is 112 cm³/mol. The second-order valence-electron chi connectivity index (χ2n) is 7.33. The zero-order valence-corrected chi connectivity index (χ0v) is 16.9. The minimum absolute atomic E-state index is 0.0860. The summed E-state index contributed by atoms with van der Waals surface area (Å²) in [7, 11) is 1.59. The topological polar surface area (TPSA) is 86.9 Å². The molecular weight excluding hydrogens is 371 g/mol. The van der Waals surface area contributed by atoms with Gasteiger partial charge < -0.3 is 15.6 Å². The number of allylic oxidation sites excluding steroid dienone is 3. The Bertz CT molecular complexity index is 965. The molecule has 0 bridgehead atoms. The summed E-state index contributed by atoms with van der Waals surface area (Å²) in [5.74, 6) is -0.820. The van der Waals surface area contributed by atoms with E-state index in [1.807, 2.05) is 20.8 Å². The molecule has 2 aromatic rings. The van der Waals surface area contributed by atoms with Crippen molar-refractivity contribution >= 4 is 24.3 Å². The first-order valence-corrected chi connectivity index (χ1v) is 9.08. The van der Waals surface area contributed by atoms with Crippen LogP contribution in [0.25, 0.3) is 12.2 Å². The molecule has 0 unspecified atom stereocenters. The maximum absolute atomic E-state index is 13.2. The summed E-state index contributed by atoms with van der Waals surface area (Å²) in [6.45, 7) is 6.05. The fourth-order valence-corrected chi connectivity index (χ4v) is 2.60. The molecule has 0 aliphatic rings. The Labute approximate surface area is 169 Å². The number of H-pyrrole nitrogens is 1. The largest absolute Gasteiger partial charge is 0.384 e. The van der Waals surface area contributed by atoms with E-state index in [0.29, 0.717) is 17.5 Å². The Hall–Kier alpha value is -3.48. The first-order chi connectivity index (χ1) is 13.7. The molecule has 2 rings (SSSR count). The van der Waals surface area contributed by atoms with Gasteiger partial charge >= 0.3 is 0 Å². The number of aromatic amines is 1.